The second-order valence-electron chi connectivity index (χ2n) is 6.14. The molecule has 0 radical (unpaired) electrons. The van der Waals surface area contributed by atoms with Crippen LogP contribution in [0.25, 0.3) is 0 Å². The molecule has 0 saturated carbocycles. The topological polar surface area (TPSA) is 55.4 Å². The fraction of sp³-hybridized carbons (Fsp3) is 0.100. The zero-order valence-electron chi connectivity index (χ0n) is 13.9. The molecule has 3 aromatic rings. The molecule has 0 aromatic heterocycles. The van der Waals surface area contributed by atoms with Crippen LogP contribution in [0.2, 0.25) is 0 Å². The number of aryl methyl sites for hydroxylation is 1. The molecule has 6 heteroatoms. The number of fused-ring (bicyclic) bond motifs is 2. The minimum atomic E-state index is -3.86. The molecule has 0 saturated heterocycles. The molecular weight excluding hydrogens is 353 g/mol. The van der Waals surface area contributed by atoms with Crippen molar-refractivity contribution in [3.8, 4) is 11.5 Å². The number of halogens is 1. The van der Waals surface area contributed by atoms with Crippen LogP contribution >= 0.6 is 0 Å². The Morgan fingerprint density at radius 3 is 2.08 bits per heavy atom. The molecule has 0 fully saturated rings. The zero-order chi connectivity index (χ0) is 18.3. The number of rotatable bonds is 3. The highest BCUT2D eigenvalue weighted by Crippen LogP contribution is 2.43. The molecule has 1 N–H and O–H groups in total. The largest absolute Gasteiger partial charge is 0.457 e. The van der Waals surface area contributed by atoms with Crippen LogP contribution in [0.4, 0.5) is 4.39 Å². The summed E-state index contributed by atoms with van der Waals surface area (Å²) >= 11 is 0. The van der Waals surface area contributed by atoms with Crippen LogP contribution in [-0.2, 0) is 10.0 Å². The van der Waals surface area contributed by atoms with E-state index in [1.807, 2.05) is 36.4 Å². The SMILES string of the molecule is Cc1cc(S(=O)(=O)NC2c3ccccc3Oc3ccccc32)ccc1F. The van der Waals surface area contributed by atoms with Crippen molar-refractivity contribution in [2.24, 2.45) is 0 Å². The van der Waals surface area contributed by atoms with E-state index in [2.05, 4.69) is 4.72 Å². The molecule has 132 valence electrons. The van der Waals surface area contributed by atoms with Crippen molar-refractivity contribution >= 4 is 10.0 Å². The summed E-state index contributed by atoms with van der Waals surface area (Å²) in [6.07, 6.45) is 0. The molecule has 0 bridgehead atoms. The van der Waals surface area contributed by atoms with E-state index in [9.17, 15) is 12.8 Å². The summed E-state index contributed by atoms with van der Waals surface area (Å²) in [5, 5.41) is 0. The maximum atomic E-state index is 13.5. The summed E-state index contributed by atoms with van der Waals surface area (Å²) in [4.78, 5) is 0.0258. The first-order valence-electron chi connectivity index (χ1n) is 8.10. The number of nitrogens with one attached hydrogen (secondary N) is 1. The van der Waals surface area contributed by atoms with Crippen molar-refractivity contribution < 1.29 is 17.5 Å². The van der Waals surface area contributed by atoms with Gasteiger partial charge < -0.3 is 4.74 Å². The highest BCUT2D eigenvalue weighted by molar-refractivity contribution is 7.89. The van der Waals surface area contributed by atoms with Gasteiger partial charge in [0.1, 0.15) is 17.3 Å². The first-order chi connectivity index (χ1) is 12.5. The Hall–Kier alpha value is -2.70. The summed E-state index contributed by atoms with van der Waals surface area (Å²) in [7, 11) is -3.86. The van der Waals surface area contributed by atoms with Crippen molar-refractivity contribution in [1.29, 1.82) is 0 Å². The molecule has 26 heavy (non-hydrogen) atoms. The fourth-order valence-corrected chi connectivity index (χ4v) is 4.32. The van der Waals surface area contributed by atoms with E-state index in [1.165, 1.54) is 19.1 Å². The molecule has 0 atom stereocenters. The molecule has 3 aromatic carbocycles. The maximum Gasteiger partial charge on any atom is 0.241 e. The van der Waals surface area contributed by atoms with Gasteiger partial charge in [-0.1, -0.05) is 36.4 Å². The Morgan fingerprint density at radius 1 is 0.923 bits per heavy atom. The van der Waals surface area contributed by atoms with Gasteiger partial charge in [0.15, 0.2) is 0 Å². The zero-order valence-corrected chi connectivity index (χ0v) is 14.8. The quantitative estimate of drug-likeness (QED) is 0.749. The van der Waals surface area contributed by atoms with Crippen LogP contribution in [0.15, 0.2) is 71.6 Å². The van der Waals surface area contributed by atoms with E-state index in [0.29, 0.717) is 11.5 Å². The summed E-state index contributed by atoms with van der Waals surface area (Å²) in [5.74, 6) is 0.772. The third-order valence-corrected chi connectivity index (χ3v) is 5.81. The van der Waals surface area contributed by atoms with E-state index in [1.54, 1.807) is 12.1 Å². The van der Waals surface area contributed by atoms with Gasteiger partial charge in [0.2, 0.25) is 10.0 Å². The highest BCUT2D eigenvalue weighted by Gasteiger charge is 2.31. The molecule has 1 heterocycles. The summed E-state index contributed by atoms with van der Waals surface area (Å²) in [6.45, 7) is 1.54. The Bertz CT molecular complexity index is 1050. The molecule has 0 unspecified atom stereocenters. The molecule has 0 spiro atoms. The number of benzene rings is 3. The lowest BCUT2D eigenvalue weighted by atomic mass is 9.95. The Balaban J connectivity index is 1.79. The van der Waals surface area contributed by atoms with Crippen LogP contribution in [0.1, 0.15) is 22.7 Å². The molecule has 1 aliphatic heterocycles. The third-order valence-electron chi connectivity index (χ3n) is 4.39. The van der Waals surface area contributed by atoms with E-state index in [4.69, 9.17) is 4.74 Å². The van der Waals surface area contributed by atoms with E-state index >= 15 is 0 Å². The maximum absolute atomic E-state index is 13.5. The van der Waals surface area contributed by atoms with Gasteiger partial charge in [-0.15, -0.1) is 0 Å². The lowest BCUT2D eigenvalue weighted by molar-refractivity contribution is 0.440. The predicted molar refractivity (Wildman–Crippen MR) is 96.3 cm³/mol. The lowest BCUT2D eigenvalue weighted by Gasteiger charge is -2.28. The van der Waals surface area contributed by atoms with Crippen molar-refractivity contribution in [2.75, 3.05) is 0 Å². The Morgan fingerprint density at radius 2 is 1.50 bits per heavy atom. The summed E-state index contributed by atoms with van der Waals surface area (Å²) in [5.41, 5.74) is 1.74. The van der Waals surface area contributed by atoms with Gasteiger partial charge in [-0.05, 0) is 42.8 Å². The number of para-hydroxylation sites is 2. The third kappa shape index (κ3) is 2.87. The van der Waals surface area contributed by atoms with Crippen molar-refractivity contribution in [1.82, 2.24) is 4.72 Å². The minimum absolute atomic E-state index is 0.0258. The monoisotopic (exact) mass is 369 g/mol. The Kier molecular flexibility index (Phi) is 4.01. The standard InChI is InChI=1S/C20H16FNO3S/c1-13-12-14(10-11-17(13)21)26(23,24)22-20-15-6-2-4-8-18(15)25-19-9-5-3-7-16(19)20/h2-12,20,22H,1H3. The van der Waals surface area contributed by atoms with Gasteiger partial charge in [0.25, 0.3) is 0 Å². The molecule has 1 aliphatic rings. The van der Waals surface area contributed by atoms with E-state index in [0.717, 1.165) is 17.2 Å². The van der Waals surface area contributed by atoms with Crippen molar-refractivity contribution in [3.63, 3.8) is 0 Å². The van der Waals surface area contributed by atoms with Gasteiger partial charge in [-0.3, -0.25) is 0 Å². The fourth-order valence-electron chi connectivity index (χ4n) is 3.04. The van der Waals surface area contributed by atoms with Gasteiger partial charge in [0, 0.05) is 11.1 Å². The van der Waals surface area contributed by atoms with Crippen LogP contribution in [-0.4, -0.2) is 8.42 Å². The number of hydrogen-bond acceptors (Lipinski definition) is 3. The predicted octanol–water partition coefficient (Wildman–Crippen LogP) is 4.31. The molecule has 4 nitrogen and oxygen atoms in total. The smallest absolute Gasteiger partial charge is 0.241 e. The summed E-state index contributed by atoms with van der Waals surface area (Å²) < 4.78 is 47.9. The molecule has 0 amide bonds. The van der Waals surface area contributed by atoms with Gasteiger partial charge >= 0.3 is 0 Å². The Labute approximate surface area is 151 Å². The van der Waals surface area contributed by atoms with Gasteiger partial charge in [-0.25, -0.2) is 12.8 Å². The average molecular weight is 369 g/mol. The second kappa shape index (κ2) is 6.23. The first kappa shape index (κ1) is 16.8. The number of ether oxygens (including phenoxy) is 1. The minimum Gasteiger partial charge on any atom is -0.457 e. The van der Waals surface area contributed by atoms with Crippen molar-refractivity contribution in [2.45, 2.75) is 17.9 Å². The van der Waals surface area contributed by atoms with Crippen LogP contribution in [0, 0.1) is 12.7 Å². The van der Waals surface area contributed by atoms with Crippen LogP contribution in [0.5, 0.6) is 11.5 Å². The number of hydrogen-bond donors (Lipinski definition) is 1. The summed E-state index contributed by atoms with van der Waals surface area (Å²) in [6, 6.07) is 17.8. The molecule has 0 aliphatic carbocycles. The van der Waals surface area contributed by atoms with Crippen molar-refractivity contribution in [3.05, 3.63) is 89.2 Å². The molecular formula is C20H16FNO3S. The van der Waals surface area contributed by atoms with Crippen LogP contribution in [0.3, 0.4) is 0 Å². The average Bonchev–Trinajstić information content (AvgIpc) is 2.63. The lowest BCUT2D eigenvalue weighted by Crippen LogP contribution is -2.31. The van der Waals surface area contributed by atoms with Gasteiger partial charge in [0.05, 0.1) is 10.9 Å². The molecule has 4 rings (SSSR count). The van der Waals surface area contributed by atoms with Gasteiger partial charge in [-0.2, -0.15) is 4.72 Å². The van der Waals surface area contributed by atoms with Crippen LogP contribution < -0.4 is 9.46 Å². The first-order valence-corrected chi connectivity index (χ1v) is 9.58. The number of sulfonamides is 1. The highest BCUT2D eigenvalue weighted by atomic mass is 32.2. The van der Waals surface area contributed by atoms with E-state index < -0.39 is 21.9 Å². The normalized spacial score (nSPS) is 13.6. The second-order valence-corrected chi connectivity index (χ2v) is 7.86. The van der Waals surface area contributed by atoms with E-state index in [-0.39, 0.29) is 10.5 Å².